The summed E-state index contributed by atoms with van der Waals surface area (Å²) in [6.07, 6.45) is 7.41. The first-order valence-corrected chi connectivity index (χ1v) is 11.0. The highest BCUT2D eigenvalue weighted by Gasteiger charge is 2.60. The largest absolute Gasteiger partial charge is 0.493 e. The molecule has 6 rings (SSSR count). The second-order valence-corrected chi connectivity index (χ2v) is 10.2. The van der Waals surface area contributed by atoms with E-state index in [1.165, 1.54) is 38.8 Å². The Kier molecular flexibility index (Phi) is 5.11. The van der Waals surface area contributed by atoms with Crippen molar-refractivity contribution in [1.29, 1.82) is 0 Å². The molecule has 0 spiro atoms. The molecule has 1 aliphatic heterocycles. The van der Waals surface area contributed by atoms with Gasteiger partial charge in [-0.25, -0.2) is 9.79 Å². The molecule has 0 aromatic heterocycles. The average molecular weight is 468 g/mol. The van der Waals surface area contributed by atoms with Gasteiger partial charge in [0.05, 0.1) is 14.2 Å². The van der Waals surface area contributed by atoms with Gasteiger partial charge >= 0.3 is 12.6 Å². The van der Waals surface area contributed by atoms with E-state index in [0.717, 1.165) is 32.1 Å². The number of carbonyl (C=O) groups excluding carboxylic acids is 1. The molecule has 32 heavy (non-hydrogen) atoms. The fourth-order valence-corrected chi connectivity index (χ4v) is 7.08. The third kappa shape index (κ3) is 3.62. The van der Waals surface area contributed by atoms with Gasteiger partial charge in [0.25, 0.3) is 0 Å². The van der Waals surface area contributed by atoms with Crippen molar-refractivity contribution in [2.45, 2.75) is 50.0 Å². The fraction of sp³-hybridized carbons (Fsp3) is 0.565. The minimum absolute atomic E-state index is 0.0530. The van der Waals surface area contributed by atoms with Gasteiger partial charge in [0.1, 0.15) is 0 Å². The van der Waals surface area contributed by atoms with Gasteiger partial charge < -0.3 is 18.9 Å². The number of alkyl halides is 3. The maximum absolute atomic E-state index is 12.8. The van der Waals surface area contributed by atoms with Crippen molar-refractivity contribution < 1.29 is 32.5 Å². The van der Waals surface area contributed by atoms with E-state index in [-0.39, 0.29) is 33.2 Å². The van der Waals surface area contributed by atoms with Gasteiger partial charge in [-0.2, -0.15) is 8.78 Å². The Morgan fingerprint density at radius 3 is 2.31 bits per heavy atom. The number of benzene rings is 1. The molecule has 6 nitrogen and oxygen atoms in total. The fourth-order valence-electron chi connectivity index (χ4n) is 6.38. The number of carbonyl (C=O) groups is 1. The Bertz CT molecular complexity index is 985. The minimum Gasteiger partial charge on any atom is -0.493 e. The van der Waals surface area contributed by atoms with Crippen LogP contribution < -0.4 is 14.2 Å². The summed E-state index contributed by atoms with van der Waals surface area (Å²) in [6, 6.07) is 2.96. The van der Waals surface area contributed by atoms with Crippen LogP contribution in [0.5, 0.6) is 17.2 Å². The SMILES string of the molecule is COc1cc(C=C2N=C(C34CC5CC(CC(Cl)(C5)C3)C4)OC2=O)cc(OC)c1OC(F)F. The van der Waals surface area contributed by atoms with Crippen LogP contribution in [0.15, 0.2) is 22.8 Å². The first kappa shape index (κ1) is 21.5. The molecule has 0 saturated heterocycles. The van der Waals surface area contributed by atoms with E-state index in [2.05, 4.69) is 9.73 Å². The number of ether oxygens (including phenoxy) is 4. The summed E-state index contributed by atoms with van der Waals surface area (Å²) in [4.78, 5) is 17.0. The van der Waals surface area contributed by atoms with Gasteiger partial charge in [0.2, 0.25) is 11.6 Å². The second-order valence-electron chi connectivity index (χ2n) is 9.36. The summed E-state index contributed by atoms with van der Waals surface area (Å²) in [5.74, 6) is 0.897. The van der Waals surface area contributed by atoms with Crippen molar-refractivity contribution in [1.82, 2.24) is 0 Å². The van der Waals surface area contributed by atoms with Crippen molar-refractivity contribution in [3.8, 4) is 17.2 Å². The monoisotopic (exact) mass is 467 g/mol. The maximum Gasteiger partial charge on any atom is 0.387 e. The molecule has 2 atom stereocenters. The molecule has 1 heterocycles. The van der Waals surface area contributed by atoms with Crippen LogP contribution >= 0.6 is 11.6 Å². The normalized spacial score (nSPS) is 34.1. The molecule has 2 unspecified atom stereocenters. The number of rotatable bonds is 6. The van der Waals surface area contributed by atoms with Crippen molar-refractivity contribution in [2.24, 2.45) is 22.2 Å². The van der Waals surface area contributed by atoms with Crippen LogP contribution in [0.2, 0.25) is 0 Å². The van der Waals surface area contributed by atoms with Crippen LogP contribution in [0.25, 0.3) is 6.08 Å². The summed E-state index contributed by atoms with van der Waals surface area (Å²) in [5.41, 5.74) is 0.337. The number of halogens is 3. The number of aliphatic imine (C=N–C) groups is 1. The minimum atomic E-state index is -3.04. The molecular weight excluding hydrogens is 444 g/mol. The van der Waals surface area contributed by atoms with E-state index >= 15 is 0 Å². The highest BCUT2D eigenvalue weighted by Crippen LogP contribution is 2.64. The number of nitrogens with zero attached hydrogens (tertiary/aromatic N) is 1. The highest BCUT2D eigenvalue weighted by molar-refractivity contribution is 6.24. The number of methoxy groups -OCH3 is 2. The van der Waals surface area contributed by atoms with Crippen molar-refractivity contribution in [3.05, 3.63) is 23.4 Å². The van der Waals surface area contributed by atoms with Gasteiger partial charge in [-0.3, -0.25) is 0 Å². The van der Waals surface area contributed by atoms with E-state index in [9.17, 15) is 13.6 Å². The van der Waals surface area contributed by atoms with Crippen molar-refractivity contribution in [2.75, 3.05) is 14.2 Å². The van der Waals surface area contributed by atoms with Gasteiger partial charge in [-0.1, -0.05) is 0 Å². The molecule has 1 aromatic rings. The lowest BCUT2D eigenvalue weighted by atomic mass is 9.49. The van der Waals surface area contributed by atoms with Crippen LogP contribution in [0.3, 0.4) is 0 Å². The van der Waals surface area contributed by atoms with E-state index in [0.29, 0.717) is 23.3 Å². The van der Waals surface area contributed by atoms with Gasteiger partial charge in [-0.05, 0) is 74.1 Å². The van der Waals surface area contributed by atoms with Crippen LogP contribution in [0, 0.1) is 17.3 Å². The lowest BCUT2D eigenvalue weighted by molar-refractivity contribution is -0.131. The standard InChI is InChI=1S/C23H24ClF2NO5/c1-29-16-5-12(6-17(30-2)18(16)31-21(25)26)4-15-19(28)32-20(27-15)22-7-13-3-14(8-22)10-23(24,9-13)11-22/h4-6,13-14,21H,3,7-11H2,1-2H3. The molecule has 5 aliphatic rings. The van der Waals surface area contributed by atoms with Crippen LogP contribution in [-0.2, 0) is 9.53 Å². The van der Waals surface area contributed by atoms with E-state index in [1.54, 1.807) is 0 Å². The molecule has 4 fully saturated rings. The zero-order chi connectivity index (χ0) is 22.7. The third-order valence-electron chi connectivity index (χ3n) is 7.06. The summed E-state index contributed by atoms with van der Waals surface area (Å²) in [6.45, 7) is -3.04. The third-order valence-corrected chi connectivity index (χ3v) is 7.50. The quantitative estimate of drug-likeness (QED) is 0.327. The summed E-state index contributed by atoms with van der Waals surface area (Å²) >= 11 is 6.92. The van der Waals surface area contributed by atoms with Crippen LogP contribution in [-0.4, -0.2) is 37.6 Å². The molecule has 4 saturated carbocycles. The Morgan fingerprint density at radius 1 is 1.16 bits per heavy atom. The lowest BCUT2D eigenvalue weighted by Gasteiger charge is -2.59. The molecule has 0 N–H and O–H groups in total. The summed E-state index contributed by atoms with van der Waals surface area (Å²) in [7, 11) is 2.66. The molecule has 9 heteroatoms. The lowest BCUT2D eigenvalue weighted by Crippen LogP contribution is -2.56. The Hall–Kier alpha value is -2.35. The van der Waals surface area contributed by atoms with Gasteiger partial charge in [0, 0.05) is 10.3 Å². The molecule has 4 bridgehead atoms. The van der Waals surface area contributed by atoms with E-state index in [4.69, 9.17) is 25.8 Å². The van der Waals surface area contributed by atoms with E-state index in [1.807, 2.05) is 0 Å². The Morgan fingerprint density at radius 2 is 1.78 bits per heavy atom. The van der Waals surface area contributed by atoms with Crippen molar-refractivity contribution in [3.63, 3.8) is 0 Å². The van der Waals surface area contributed by atoms with Crippen LogP contribution in [0.1, 0.15) is 44.1 Å². The Labute approximate surface area is 189 Å². The first-order chi connectivity index (χ1) is 15.2. The molecule has 0 amide bonds. The van der Waals surface area contributed by atoms with E-state index < -0.39 is 12.6 Å². The van der Waals surface area contributed by atoms with Gasteiger partial charge in [-0.15, -0.1) is 11.6 Å². The topological polar surface area (TPSA) is 66.4 Å². The predicted molar refractivity (Wildman–Crippen MR) is 113 cm³/mol. The second kappa shape index (κ2) is 7.61. The number of esters is 1. The van der Waals surface area contributed by atoms with Crippen molar-refractivity contribution >= 4 is 29.5 Å². The molecule has 1 aromatic carbocycles. The zero-order valence-electron chi connectivity index (χ0n) is 17.8. The molecule has 172 valence electrons. The number of cyclic esters (lactones) is 1. The maximum atomic E-state index is 12.8. The predicted octanol–water partition coefficient (Wildman–Crippen LogP) is 5.18. The number of hydrogen-bond donors (Lipinski definition) is 0. The first-order valence-electron chi connectivity index (χ1n) is 10.7. The van der Waals surface area contributed by atoms with Crippen LogP contribution in [0.4, 0.5) is 8.78 Å². The zero-order valence-corrected chi connectivity index (χ0v) is 18.6. The summed E-state index contributed by atoms with van der Waals surface area (Å²) in [5, 5.41) is 0. The average Bonchev–Trinajstić information content (AvgIpc) is 3.07. The molecule has 0 radical (unpaired) electrons. The molecule has 4 aliphatic carbocycles. The Balaban J connectivity index is 1.48. The summed E-state index contributed by atoms with van der Waals surface area (Å²) < 4.78 is 46.1. The molecular formula is C23H24ClF2NO5. The highest BCUT2D eigenvalue weighted by atomic mass is 35.5. The van der Waals surface area contributed by atoms with Gasteiger partial charge in [0.15, 0.2) is 17.2 Å². The number of hydrogen-bond acceptors (Lipinski definition) is 6. The smallest absolute Gasteiger partial charge is 0.387 e.